The largest absolute Gasteiger partial charge is 0.391 e. The first-order valence-corrected chi connectivity index (χ1v) is 8.98. The second-order valence-electron chi connectivity index (χ2n) is 6.45. The Morgan fingerprint density at radius 1 is 1.30 bits per heavy atom. The molecule has 128 valence electrons. The summed E-state index contributed by atoms with van der Waals surface area (Å²) in [4.78, 5) is 13.3. The Hall–Kier alpha value is -0.750. The standard InChI is InChI=1S/C17H24N2O2S.ClH/c1-11-4-2-3-5-16(11)22-10-17(21)19-14-6-12-8-18-9-13(12)7-15(14)20;/h2-5,12-15,18,20H,6-10H2,1H3,(H,19,21);1H/t12-,13+,14-,15-;/m0./s1. The van der Waals surface area contributed by atoms with Gasteiger partial charge in [-0.3, -0.25) is 4.79 Å². The minimum atomic E-state index is -0.409. The Morgan fingerprint density at radius 3 is 2.74 bits per heavy atom. The Morgan fingerprint density at radius 2 is 2.00 bits per heavy atom. The molecule has 1 saturated heterocycles. The highest BCUT2D eigenvalue weighted by Gasteiger charge is 2.39. The van der Waals surface area contributed by atoms with E-state index in [1.165, 1.54) is 5.56 Å². The van der Waals surface area contributed by atoms with E-state index in [1.54, 1.807) is 11.8 Å². The monoisotopic (exact) mass is 356 g/mol. The van der Waals surface area contributed by atoms with Crippen LogP contribution in [0.4, 0.5) is 0 Å². The molecule has 1 aromatic rings. The van der Waals surface area contributed by atoms with Crippen molar-refractivity contribution in [3.63, 3.8) is 0 Å². The van der Waals surface area contributed by atoms with Crippen molar-refractivity contribution in [3.8, 4) is 0 Å². The van der Waals surface area contributed by atoms with Gasteiger partial charge in [-0.1, -0.05) is 18.2 Å². The molecular weight excluding hydrogens is 332 g/mol. The number of hydrogen-bond donors (Lipinski definition) is 3. The zero-order chi connectivity index (χ0) is 15.5. The van der Waals surface area contributed by atoms with Crippen LogP contribution >= 0.6 is 24.2 Å². The summed E-state index contributed by atoms with van der Waals surface area (Å²) < 4.78 is 0. The van der Waals surface area contributed by atoms with Gasteiger partial charge in [0.2, 0.25) is 5.91 Å². The van der Waals surface area contributed by atoms with E-state index < -0.39 is 6.10 Å². The van der Waals surface area contributed by atoms with Gasteiger partial charge in [0.1, 0.15) is 0 Å². The third kappa shape index (κ3) is 4.63. The number of rotatable bonds is 4. The number of nitrogens with one attached hydrogen (secondary N) is 2. The number of aliphatic hydroxyl groups is 1. The van der Waals surface area contributed by atoms with Gasteiger partial charge in [0.05, 0.1) is 17.9 Å². The van der Waals surface area contributed by atoms with Crippen molar-refractivity contribution in [1.29, 1.82) is 0 Å². The smallest absolute Gasteiger partial charge is 0.230 e. The molecule has 1 heterocycles. The van der Waals surface area contributed by atoms with Crippen molar-refractivity contribution < 1.29 is 9.90 Å². The Labute approximate surface area is 148 Å². The van der Waals surface area contributed by atoms with Crippen LogP contribution < -0.4 is 10.6 Å². The van der Waals surface area contributed by atoms with Crippen LogP contribution in [0.3, 0.4) is 0 Å². The lowest BCUT2D eigenvalue weighted by atomic mass is 9.77. The number of benzene rings is 1. The maximum atomic E-state index is 12.2. The van der Waals surface area contributed by atoms with Gasteiger partial charge in [-0.15, -0.1) is 24.2 Å². The van der Waals surface area contributed by atoms with Gasteiger partial charge < -0.3 is 15.7 Å². The molecule has 3 N–H and O–H groups in total. The molecule has 0 unspecified atom stereocenters. The predicted octanol–water partition coefficient (Wildman–Crippen LogP) is 1.98. The quantitative estimate of drug-likeness (QED) is 0.722. The first-order valence-electron chi connectivity index (χ1n) is 8.00. The highest BCUT2D eigenvalue weighted by Crippen LogP contribution is 2.33. The number of halogens is 1. The maximum Gasteiger partial charge on any atom is 0.230 e. The molecular formula is C17H25ClN2O2S. The fraction of sp³-hybridized carbons (Fsp3) is 0.588. The van der Waals surface area contributed by atoms with Crippen LogP contribution in [-0.2, 0) is 4.79 Å². The Kier molecular flexibility index (Phi) is 6.77. The molecule has 3 rings (SSSR count). The molecule has 1 aliphatic heterocycles. The fourth-order valence-electron chi connectivity index (χ4n) is 3.56. The molecule has 4 nitrogen and oxygen atoms in total. The summed E-state index contributed by atoms with van der Waals surface area (Å²) in [6, 6.07) is 8.00. The predicted molar refractivity (Wildman–Crippen MR) is 96.2 cm³/mol. The van der Waals surface area contributed by atoms with Gasteiger partial charge >= 0.3 is 0 Å². The molecule has 0 spiro atoms. The lowest BCUT2D eigenvalue weighted by molar-refractivity contribution is -0.120. The molecule has 1 amide bonds. The minimum absolute atomic E-state index is 0. The van der Waals surface area contributed by atoms with E-state index in [-0.39, 0.29) is 24.4 Å². The van der Waals surface area contributed by atoms with Crippen molar-refractivity contribution in [1.82, 2.24) is 10.6 Å². The molecule has 4 atom stereocenters. The average Bonchev–Trinajstić information content (AvgIpc) is 2.94. The van der Waals surface area contributed by atoms with Crippen molar-refractivity contribution in [2.45, 2.75) is 36.8 Å². The van der Waals surface area contributed by atoms with Crippen LogP contribution in [0.15, 0.2) is 29.2 Å². The van der Waals surface area contributed by atoms with Crippen molar-refractivity contribution in [2.24, 2.45) is 11.8 Å². The number of fused-ring (bicyclic) bond motifs is 1. The molecule has 1 aromatic carbocycles. The molecule has 0 bridgehead atoms. The molecule has 1 saturated carbocycles. The van der Waals surface area contributed by atoms with Gasteiger partial charge in [0.15, 0.2) is 0 Å². The number of thioether (sulfide) groups is 1. The van der Waals surface area contributed by atoms with Crippen molar-refractivity contribution in [2.75, 3.05) is 18.8 Å². The molecule has 6 heteroatoms. The summed E-state index contributed by atoms with van der Waals surface area (Å²) in [5, 5.41) is 16.7. The molecule has 23 heavy (non-hydrogen) atoms. The summed E-state index contributed by atoms with van der Waals surface area (Å²) in [6.07, 6.45) is 1.28. The number of amides is 1. The zero-order valence-corrected chi connectivity index (χ0v) is 15.0. The number of carbonyl (C=O) groups excluding carboxylic acids is 1. The van der Waals surface area contributed by atoms with Crippen LogP contribution in [0, 0.1) is 18.8 Å². The highest BCUT2D eigenvalue weighted by atomic mass is 35.5. The second-order valence-corrected chi connectivity index (χ2v) is 7.46. The number of carbonyl (C=O) groups is 1. The number of aryl methyl sites for hydroxylation is 1. The van der Waals surface area contributed by atoms with E-state index in [9.17, 15) is 9.90 Å². The number of aliphatic hydroxyl groups excluding tert-OH is 1. The third-order valence-corrected chi connectivity index (χ3v) is 6.02. The second kappa shape index (κ2) is 8.38. The van der Waals surface area contributed by atoms with Crippen LogP contribution in [0.1, 0.15) is 18.4 Å². The van der Waals surface area contributed by atoms with Gasteiger partial charge in [0.25, 0.3) is 0 Å². The van der Waals surface area contributed by atoms with Crippen LogP contribution in [0.25, 0.3) is 0 Å². The SMILES string of the molecule is Cc1ccccc1SCC(=O)N[C@H]1C[C@H]2CNC[C@H]2C[C@@H]1O.Cl. The van der Waals surface area contributed by atoms with Gasteiger partial charge in [0, 0.05) is 4.90 Å². The van der Waals surface area contributed by atoms with Gasteiger partial charge in [-0.2, -0.15) is 0 Å². The molecule has 1 aliphatic carbocycles. The van der Waals surface area contributed by atoms with Gasteiger partial charge in [-0.25, -0.2) is 0 Å². The van der Waals surface area contributed by atoms with E-state index in [1.807, 2.05) is 18.2 Å². The van der Waals surface area contributed by atoms with E-state index in [4.69, 9.17) is 0 Å². The maximum absolute atomic E-state index is 12.2. The first kappa shape index (κ1) is 18.6. The Bertz CT molecular complexity index is 543. The van der Waals surface area contributed by atoms with Crippen molar-refractivity contribution >= 4 is 30.1 Å². The van der Waals surface area contributed by atoms with E-state index in [2.05, 4.69) is 23.6 Å². The summed E-state index contributed by atoms with van der Waals surface area (Å²) >= 11 is 1.56. The number of hydrogen-bond acceptors (Lipinski definition) is 4. The highest BCUT2D eigenvalue weighted by molar-refractivity contribution is 8.00. The van der Waals surface area contributed by atoms with Crippen molar-refractivity contribution in [3.05, 3.63) is 29.8 Å². The zero-order valence-electron chi connectivity index (χ0n) is 13.3. The van der Waals surface area contributed by atoms with Crippen LogP contribution in [0.2, 0.25) is 0 Å². The Balaban J connectivity index is 0.00000192. The van der Waals surface area contributed by atoms with Gasteiger partial charge in [-0.05, 0) is 56.3 Å². The molecule has 0 aromatic heterocycles. The summed E-state index contributed by atoms with van der Waals surface area (Å²) in [5.74, 6) is 1.59. The normalized spacial score (nSPS) is 29.5. The average molecular weight is 357 g/mol. The van der Waals surface area contributed by atoms with E-state index >= 15 is 0 Å². The lowest BCUT2D eigenvalue weighted by Crippen LogP contribution is -2.49. The first-order chi connectivity index (χ1) is 10.6. The fourth-order valence-corrected chi connectivity index (χ4v) is 4.40. The third-order valence-electron chi connectivity index (χ3n) is 4.84. The van der Waals surface area contributed by atoms with E-state index in [0.717, 1.165) is 30.8 Å². The summed E-state index contributed by atoms with van der Waals surface area (Å²) in [5.41, 5.74) is 1.19. The van der Waals surface area contributed by atoms with Crippen LogP contribution in [0.5, 0.6) is 0 Å². The lowest BCUT2D eigenvalue weighted by Gasteiger charge is -2.35. The minimum Gasteiger partial charge on any atom is -0.391 e. The topological polar surface area (TPSA) is 61.4 Å². The van der Waals surface area contributed by atoms with E-state index in [0.29, 0.717) is 17.6 Å². The molecule has 2 aliphatic rings. The molecule has 0 radical (unpaired) electrons. The van der Waals surface area contributed by atoms with Crippen LogP contribution in [-0.4, -0.2) is 42.0 Å². The molecule has 2 fully saturated rings. The summed E-state index contributed by atoms with van der Waals surface area (Å²) in [7, 11) is 0. The summed E-state index contributed by atoms with van der Waals surface area (Å²) in [6.45, 7) is 4.08.